The van der Waals surface area contributed by atoms with Gasteiger partial charge in [0, 0.05) is 49.2 Å². The molecule has 69 heavy (non-hydrogen) atoms. The molecule has 13 rings (SSSR count). The van der Waals surface area contributed by atoms with Gasteiger partial charge in [-0.1, -0.05) is 200 Å². The Morgan fingerprint density at radius 3 is 1.61 bits per heavy atom. The first-order valence-corrected chi connectivity index (χ1v) is 23.5. The third-order valence-corrected chi connectivity index (χ3v) is 13.5. The summed E-state index contributed by atoms with van der Waals surface area (Å²) in [6.07, 6.45) is 2.26. The molecular weight excluding hydrogens is 839 g/mol. The highest BCUT2D eigenvalue weighted by atomic mass is 16.3. The van der Waals surface area contributed by atoms with Gasteiger partial charge in [-0.05, 0) is 93.0 Å². The van der Waals surface area contributed by atoms with Gasteiger partial charge in [0.2, 0.25) is 0 Å². The molecule has 1 aliphatic rings. The lowest BCUT2D eigenvalue weighted by molar-refractivity contribution is 0.669. The van der Waals surface area contributed by atoms with Gasteiger partial charge in [0.15, 0.2) is 0 Å². The number of fused-ring (bicyclic) bond motifs is 6. The highest BCUT2D eigenvalue weighted by Gasteiger charge is 2.24. The number of rotatable bonds is 8. The highest BCUT2D eigenvalue weighted by Crippen LogP contribution is 2.47. The number of furan rings is 1. The Balaban J connectivity index is 0.959. The van der Waals surface area contributed by atoms with Crippen molar-refractivity contribution >= 4 is 55.1 Å². The Bertz CT molecular complexity index is 3980. The average molecular weight is 882 g/mol. The number of hydrogen-bond acceptors (Lipinski definition) is 4. The van der Waals surface area contributed by atoms with Gasteiger partial charge in [0.05, 0.1) is 22.9 Å². The molecule has 1 aliphatic heterocycles. The van der Waals surface area contributed by atoms with Crippen molar-refractivity contribution in [2.45, 2.75) is 6.04 Å². The van der Waals surface area contributed by atoms with Crippen molar-refractivity contribution in [1.29, 1.82) is 0 Å². The van der Waals surface area contributed by atoms with E-state index in [1.54, 1.807) is 0 Å². The highest BCUT2D eigenvalue weighted by molar-refractivity contribution is 6.28. The molecule has 0 amide bonds. The Labute approximate surface area is 400 Å². The minimum atomic E-state index is -0.132. The lowest BCUT2D eigenvalue weighted by Gasteiger charge is -2.25. The average Bonchev–Trinajstić information content (AvgIpc) is 3.81. The molecule has 0 bridgehead atoms. The molecule has 1 atom stereocenters. The quantitative estimate of drug-likeness (QED) is 0.155. The predicted octanol–water partition coefficient (Wildman–Crippen LogP) is 16.8. The zero-order valence-electron chi connectivity index (χ0n) is 37.6. The molecule has 1 N–H and O–H groups in total. The van der Waals surface area contributed by atoms with E-state index in [0.717, 1.165) is 111 Å². The van der Waals surface area contributed by atoms with E-state index in [2.05, 4.69) is 248 Å². The summed E-state index contributed by atoms with van der Waals surface area (Å²) in [5, 5.41) is 9.37. The molecule has 0 saturated heterocycles. The summed E-state index contributed by atoms with van der Waals surface area (Å²) in [6, 6.07) is 85.9. The van der Waals surface area contributed by atoms with Crippen LogP contribution >= 0.6 is 0 Å². The zero-order chi connectivity index (χ0) is 45.7. The maximum absolute atomic E-state index is 6.71. The van der Waals surface area contributed by atoms with E-state index in [-0.39, 0.29) is 6.04 Å². The number of amidine groups is 1. The lowest BCUT2D eigenvalue weighted by atomic mass is 9.88. The number of pyridine rings is 1. The first-order chi connectivity index (χ1) is 34.2. The van der Waals surface area contributed by atoms with Gasteiger partial charge >= 0.3 is 0 Å². The van der Waals surface area contributed by atoms with Crippen LogP contribution in [0.2, 0.25) is 0 Å². The van der Waals surface area contributed by atoms with Gasteiger partial charge in [-0.15, -0.1) is 0 Å². The lowest BCUT2D eigenvalue weighted by Crippen LogP contribution is -2.31. The van der Waals surface area contributed by atoms with E-state index in [4.69, 9.17) is 14.4 Å². The molecule has 4 heteroatoms. The van der Waals surface area contributed by atoms with Crippen LogP contribution in [-0.2, 0) is 0 Å². The molecule has 0 spiro atoms. The number of aliphatic imine (C=N–C) groups is 1. The molecule has 2 aromatic heterocycles. The monoisotopic (exact) mass is 881 g/mol. The fourth-order valence-corrected chi connectivity index (χ4v) is 10.2. The van der Waals surface area contributed by atoms with Crippen molar-refractivity contribution in [3.8, 4) is 55.8 Å². The number of nitrogens with zero attached hydrogens (tertiary/aromatic N) is 2. The standard InChI is InChI=1S/C65H43N3O/c1-4-18-42(19-5-1)45-24-14-28-49(36-45)57-41-58(50-29-15-25-46(37-50)43-20-6-2-7-21-43)68-65(67-57)52-31-17-27-48(39-52)47-26-16-30-51(38-47)61-62-53-32-10-12-34-56(53)66-64(44-22-8-3-9-23-44)55(62)40-60-63(61)54-33-11-13-35-59(54)69-60/h1-41,57H,(H,67,68). The minimum absolute atomic E-state index is 0.132. The Morgan fingerprint density at radius 2 is 0.884 bits per heavy atom. The first-order valence-electron chi connectivity index (χ1n) is 23.5. The van der Waals surface area contributed by atoms with Crippen molar-refractivity contribution < 1.29 is 4.42 Å². The molecule has 12 aromatic rings. The normalized spacial score (nSPS) is 13.7. The van der Waals surface area contributed by atoms with Crippen molar-refractivity contribution in [2.75, 3.05) is 0 Å². The first kappa shape index (κ1) is 40.2. The third kappa shape index (κ3) is 7.36. The second-order valence-corrected chi connectivity index (χ2v) is 17.7. The molecular formula is C65H43N3O. The molecule has 0 fully saturated rings. The number of hydrogen-bond donors (Lipinski definition) is 1. The van der Waals surface area contributed by atoms with Crippen LogP contribution in [0.1, 0.15) is 22.7 Å². The van der Waals surface area contributed by atoms with E-state index in [0.29, 0.717) is 0 Å². The summed E-state index contributed by atoms with van der Waals surface area (Å²) < 4.78 is 6.71. The zero-order valence-corrected chi connectivity index (χ0v) is 37.6. The summed E-state index contributed by atoms with van der Waals surface area (Å²) in [5.41, 5.74) is 17.9. The van der Waals surface area contributed by atoms with Crippen LogP contribution in [0, 0.1) is 0 Å². The molecule has 324 valence electrons. The topological polar surface area (TPSA) is 50.4 Å². The molecule has 0 aliphatic carbocycles. The summed E-state index contributed by atoms with van der Waals surface area (Å²) in [7, 11) is 0. The second kappa shape index (κ2) is 16.9. The van der Waals surface area contributed by atoms with Gasteiger partial charge in [-0.3, -0.25) is 0 Å². The summed E-state index contributed by atoms with van der Waals surface area (Å²) >= 11 is 0. The van der Waals surface area contributed by atoms with Crippen LogP contribution in [0.4, 0.5) is 0 Å². The smallest absolute Gasteiger partial charge is 0.136 e. The van der Waals surface area contributed by atoms with Crippen LogP contribution < -0.4 is 5.32 Å². The SMILES string of the molecule is C1=C(c2cccc(-c3ccccc3)c2)N=C(c2cccc(-c3cccc(-c4c5c(cc6c(-c7ccccc7)nc7ccccc7c46)oc4ccccc45)c3)c2)NC1c1cccc(-c2ccccc2)c1. The number of nitrogens with one attached hydrogen (secondary N) is 1. The molecule has 0 radical (unpaired) electrons. The predicted molar refractivity (Wildman–Crippen MR) is 287 cm³/mol. The maximum atomic E-state index is 6.71. The Morgan fingerprint density at radius 1 is 0.362 bits per heavy atom. The van der Waals surface area contributed by atoms with Crippen molar-refractivity contribution in [1.82, 2.24) is 10.3 Å². The van der Waals surface area contributed by atoms with Crippen molar-refractivity contribution in [3.05, 3.63) is 265 Å². The summed E-state index contributed by atoms with van der Waals surface area (Å²) in [5.74, 6) is 0.818. The molecule has 1 unspecified atom stereocenters. The van der Waals surface area contributed by atoms with E-state index in [1.807, 2.05) is 6.07 Å². The maximum Gasteiger partial charge on any atom is 0.136 e. The summed E-state index contributed by atoms with van der Waals surface area (Å²) in [4.78, 5) is 10.7. The van der Waals surface area contributed by atoms with E-state index in [1.165, 1.54) is 16.7 Å². The van der Waals surface area contributed by atoms with Gasteiger partial charge < -0.3 is 9.73 Å². The van der Waals surface area contributed by atoms with E-state index in [9.17, 15) is 0 Å². The van der Waals surface area contributed by atoms with E-state index >= 15 is 0 Å². The largest absolute Gasteiger partial charge is 0.456 e. The van der Waals surface area contributed by atoms with Crippen LogP contribution in [0.3, 0.4) is 0 Å². The van der Waals surface area contributed by atoms with Crippen LogP contribution in [-0.4, -0.2) is 10.8 Å². The molecule has 3 heterocycles. The molecule has 0 saturated carbocycles. The molecule has 4 nitrogen and oxygen atoms in total. The van der Waals surface area contributed by atoms with Crippen molar-refractivity contribution in [2.24, 2.45) is 4.99 Å². The van der Waals surface area contributed by atoms with Crippen LogP contribution in [0.15, 0.2) is 258 Å². The Kier molecular flexibility index (Phi) is 9.87. The van der Waals surface area contributed by atoms with Gasteiger partial charge in [0.1, 0.15) is 17.0 Å². The molecule has 10 aromatic carbocycles. The number of benzene rings is 10. The van der Waals surface area contributed by atoms with Gasteiger partial charge in [-0.2, -0.15) is 0 Å². The van der Waals surface area contributed by atoms with E-state index < -0.39 is 0 Å². The number of para-hydroxylation sites is 2. The van der Waals surface area contributed by atoms with Crippen LogP contribution in [0.5, 0.6) is 0 Å². The summed E-state index contributed by atoms with van der Waals surface area (Å²) in [6.45, 7) is 0. The van der Waals surface area contributed by atoms with Gasteiger partial charge in [-0.25, -0.2) is 9.98 Å². The second-order valence-electron chi connectivity index (χ2n) is 17.7. The van der Waals surface area contributed by atoms with Crippen LogP contribution in [0.25, 0.3) is 105 Å². The number of aromatic nitrogens is 1. The fraction of sp³-hybridized carbons (Fsp3) is 0.0154. The minimum Gasteiger partial charge on any atom is -0.456 e. The third-order valence-electron chi connectivity index (χ3n) is 13.5. The van der Waals surface area contributed by atoms with Gasteiger partial charge in [0.25, 0.3) is 0 Å². The fourth-order valence-electron chi connectivity index (χ4n) is 10.2. The Hall–Kier alpha value is -9.12. The van der Waals surface area contributed by atoms with Crippen molar-refractivity contribution in [3.63, 3.8) is 0 Å².